The maximum absolute atomic E-state index is 12.3. The molecule has 0 fully saturated rings. The maximum Gasteiger partial charge on any atom is 0.339 e. The molecule has 0 heterocycles. The molecule has 1 unspecified atom stereocenters. The number of carbonyl (C=O) groups is 1. The van der Waals surface area contributed by atoms with Gasteiger partial charge in [0.25, 0.3) is 10.1 Å². The quantitative estimate of drug-likeness (QED) is 0.419. The van der Waals surface area contributed by atoms with Gasteiger partial charge in [-0.1, -0.05) is 58.1 Å². The lowest BCUT2D eigenvalue weighted by atomic mass is 10.1. The standard InChI is InChI=1S/C18H15BrO5S/c1-25(21,22)23-13-5-8-17(14-9-11-16(19)12-10-14)24-18(20)15-6-3-2-4-7-15/h2-4,6-7,9-12,17H,13H2,1H3. The van der Waals surface area contributed by atoms with Crippen LogP contribution in [0.4, 0.5) is 0 Å². The van der Waals surface area contributed by atoms with Crippen LogP contribution in [0.3, 0.4) is 0 Å². The predicted octanol–water partition coefficient (Wildman–Crippen LogP) is 3.33. The van der Waals surface area contributed by atoms with Crippen LogP contribution < -0.4 is 0 Å². The lowest BCUT2D eigenvalue weighted by Crippen LogP contribution is -2.11. The van der Waals surface area contributed by atoms with E-state index in [-0.39, 0.29) is 6.61 Å². The van der Waals surface area contributed by atoms with Crippen LogP contribution in [0.5, 0.6) is 0 Å². The minimum Gasteiger partial charge on any atom is -0.441 e. The van der Waals surface area contributed by atoms with E-state index < -0.39 is 22.2 Å². The number of carbonyl (C=O) groups excluding carboxylic acids is 1. The molecule has 0 spiro atoms. The molecule has 0 saturated carbocycles. The predicted molar refractivity (Wildman–Crippen MR) is 97.3 cm³/mol. The molecule has 0 aliphatic heterocycles. The molecule has 2 aromatic carbocycles. The highest BCUT2D eigenvalue weighted by molar-refractivity contribution is 9.10. The second-order valence-corrected chi connectivity index (χ2v) is 7.55. The van der Waals surface area contributed by atoms with Crippen LogP contribution in [-0.4, -0.2) is 27.2 Å². The molecule has 2 aromatic rings. The molecular weight excluding hydrogens is 408 g/mol. The second kappa shape index (κ2) is 8.81. The highest BCUT2D eigenvalue weighted by Gasteiger charge is 2.16. The summed E-state index contributed by atoms with van der Waals surface area (Å²) in [6.07, 6.45) is 0.0972. The first-order valence-corrected chi connectivity index (χ1v) is 9.80. The Bertz CT molecular complexity index is 881. The van der Waals surface area contributed by atoms with Gasteiger partial charge >= 0.3 is 5.97 Å². The van der Waals surface area contributed by atoms with Crippen LogP contribution in [0, 0.1) is 11.8 Å². The van der Waals surface area contributed by atoms with Gasteiger partial charge in [-0.15, -0.1) is 0 Å². The summed E-state index contributed by atoms with van der Waals surface area (Å²) in [7, 11) is -3.57. The summed E-state index contributed by atoms with van der Waals surface area (Å²) in [5.41, 5.74) is 1.07. The number of halogens is 1. The molecule has 0 radical (unpaired) electrons. The van der Waals surface area contributed by atoms with Crippen molar-refractivity contribution in [3.63, 3.8) is 0 Å². The summed E-state index contributed by atoms with van der Waals surface area (Å²) in [6, 6.07) is 15.7. The van der Waals surface area contributed by atoms with Gasteiger partial charge in [0.15, 0.2) is 6.10 Å². The SMILES string of the molecule is CS(=O)(=O)OCC#CC(OC(=O)c1ccccc1)c1ccc(Br)cc1. The number of benzene rings is 2. The Balaban J connectivity index is 2.18. The molecular formula is C18H15BrO5S. The van der Waals surface area contributed by atoms with Gasteiger partial charge in [0.05, 0.1) is 11.8 Å². The van der Waals surface area contributed by atoms with Crippen LogP contribution in [0.2, 0.25) is 0 Å². The third-order valence-electron chi connectivity index (χ3n) is 2.99. The van der Waals surface area contributed by atoms with E-state index in [9.17, 15) is 13.2 Å². The summed E-state index contributed by atoms with van der Waals surface area (Å²) in [4.78, 5) is 12.3. The summed E-state index contributed by atoms with van der Waals surface area (Å²) >= 11 is 3.34. The van der Waals surface area contributed by atoms with Crippen LogP contribution in [0.25, 0.3) is 0 Å². The Morgan fingerprint density at radius 2 is 1.76 bits per heavy atom. The van der Waals surface area contributed by atoms with Crippen molar-refractivity contribution in [2.75, 3.05) is 12.9 Å². The average molecular weight is 423 g/mol. The summed E-state index contributed by atoms with van der Waals surface area (Å²) in [5, 5.41) is 0. The lowest BCUT2D eigenvalue weighted by Gasteiger charge is -2.13. The molecule has 130 valence electrons. The third-order valence-corrected chi connectivity index (χ3v) is 4.06. The molecule has 2 rings (SSSR count). The number of ether oxygens (including phenoxy) is 1. The molecule has 25 heavy (non-hydrogen) atoms. The highest BCUT2D eigenvalue weighted by atomic mass is 79.9. The molecule has 0 aliphatic carbocycles. The van der Waals surface area contributed by atoms with Crippen molar-refractivity contribution in [1.29, 1.82) is 0 Å². The molecule has 1 atom stereocenters. The first kappa shape index (κ1) is 19.2. The Kier molecular flexibility index (Phi) is 6.76. The minimum atomic E-state index is -3.57. The topological polar surface area (TPSA) is 69.7 Å². The smallest absolute Gasteiger partial charge is 0.339 e. The second-order valence-electron chi connectivity index (χ2n) is 4.99. The maximum atomic E-state index is 12.3. The van der Waals surface area contributed by atoms with Crippen molar-refractivity contribution >= 4 is 32.0 Å². The zero-order valence-electron chi connectivity index (χ0n) is 13.3. The zero-order valence-corrected chi connectivity index (χ0v) is 15.7. The number of hydrogen-bond donors (Lipinski definition) is 0. The van der Waals surface area contributed by atoms with Gasteiger partial charge in [-0.2, -0.15) is 8.42 Å². The van der Waals surface area contributed by atoms with Crippen molar-refractivity contribution in [2.45, 2.75) is 6.10 Å². The summed E-state index contributed by atoms with van der Waals surface area (Å²) in [6.45, 7) is -0.311. The van der Waals surface area contributed by atoms with Crippen LogP contribution in [0.15, 0.2) is 59.1 Å². The monoisotopic (exact) mass is 422 g/mol. The van der Waals surface area contributed by atoms with E-state index >= 15 is 0 Å². The Morgan fingerprint density at radius 1 is 1.12 bits per heavy atom. The molecule has 0 bridgehead atoms. The van der Waals surface area contributed by atoms with E-state index in [4.69, 9.17) is 4.74 Å². The molecule has 0 amide bonds. The van der Waals surface area contributed by atoms with Crippen molar-refractivity contribution < 1.29 is 22.1 Å². The Morgan fingerprint density at radius 3 is 2.36 bits per heavy atom. The fourth-order valence-electron chi connectivity index (χ4n) is 1.84. The van der Waals surface area contributed by atoms with Crippen molar-refractivity contribution in [1.82, 2.24) is 0 Å². The van der Waals surface area contributed by atoms with Crippen molar-refractivity contribution in [3.05, 3.63) is 70.2 Å². The molecule has 0 aliphatic rings. The van der Waals surface area contributed by atoms with Crippen LogP contribution in [0.1, 0.15) is 22.0 Å². The first-order chi connectivity index (χ1) is 11.8. The Hall–Kier alpha value is -2.14. The van der Waals surface area contributed by atoms with Gasteiger partial charge in [-0.25, -0.2) is 4.79 Å². The Labute approximate surface area is 155 Å². The van der Waals surface area contributed by atoms with Gasteiger partial charge in [0.1, 0.15) is 6.61 Å². The van der Waals surface area contributed by atoms with E-state index in [1.165, 1.54) is 0 Å². The van der Waals surface area contributed by atoms with E-state index in [0.29, 0.717) is 11.1 Å². The van der Waals surface area contributed by atoms with E-state index in [1.54, 1.807) is 54.6 Å². The highest BCUT2D eigenvalue weighted by Crippen LogP contribution is 2.21. The van der Waals surface area contributed by atoms with Crippen molar-refractivity contribution in [2.24, 2.45) is 0 Å². The fraction of sp³-hybridized carbons (Fsp3) is 0.167. The molecule has 0 saturated heterocycles. The van der Waals surface area contributed by atoms with E-state index in [2.05, 4.69) is 32.0 Å². The van der Waals surface area contributed by atoms with Gasteiger partial charge < -0.3 is 4.74 Å². The van der Waals surface area contributed by atoms with E-state index in [0.717, 1.165) is 10.7 Å². The normalized spacial score (nSPS) is 11.9. The fourth-order valence-corrected chi connectivity index (χ4v) is 2.38. The van der Waals surface area contributed by atoms with Gasteiger partial charge in [-0.05, 0) is 24.3 Å². The van der Waals surface area contributed by atoms with Crippen LogP contribution >= 0.6 is 15.9 Å². The van der Waals surface area contributed by atoms with E-state index in [1.807, 2.05) is 0 Å². The number of rotatable bonds is 5. The van der Waals surface area contributed by atoms with Gasteiger partial charge in [0, 0.05) is 10.0 Å². The van der Waals surface area contributed by atoms with Crippen LogP contribution in [-0.2, 0) is 19.0 Å². The number of hydrogen-bond acceptors (Lipinski definition) is 5. The number of esters is 1. The molecule has 7 heteroatoms. The molecule has 0 aromatic heterocycles. The minimum absolute atomic E-state index is 0.311. The summed E-state index contributed by atoms with van der Waals surface area (Å²) < 4.78 is 32.8. The zero-order chi connectivity index (χ0) is 18.3. The van der Waals surface area contributed by atoms with Crippen molar-refractivity contribution in [3.8, 4) is 11.8 Å². The average Bonchev–Trinajstić information content (AvgIpc) is 2.58. The lowest BCUT2D eigenvalue weighted by molar-refractivity contribution is 0.0407. The first-order valence-electron chi connectivity index (χ1n) is 7.19. The summed E-state index contributed by atoms with van der Waals surface area (Å²) in [5.74, 6) is 4.78. The molecule has 5 nitrogen and oxygen atoms in total. The third kappa shape index (κ3) is 6.70. The largest absolute Gasteiger partial charge is 0.441 e. The molecule has 0 N–H and O–H groups in total. The van der Waals surface area contributed by atoms with Gasteiger partial charge in [-0.3, -0.25) is 4.18 Å². The van der Waals surface area contributed by atoms with Gasteiger partial charge in [0.2, 0.25) is 0 Å².